The average molecular weight is 341 g/mol. The zero-order valence-electron chi connectivity index (χ0n) is 15.8. The molecule has 0 amide bonds. The van der Waals surface area contributed by atoms with Crippen LogP contribution in [-0.4, -0.2) is 13.2 Å². The van der Waals surface area contributed by atoms with E-state index in [1.807, 2.05) is 24.3 Å². The predicted molar refractivity (Wildman–Crippen MR) is 106 cm³/mol. The topological polar surface area (TPSA) is 30.5 Å². The highest BCUT2D eigenvalue weighted by molar-refractivity contribution is 5.47. The highest BCUT2D eigenvalue weighted by atomic mass is 16.5. The highest BCUT2D eigenvalue weighted by Gasteiger charge is 2.00. The second-order valence-corrected chi connectivity index (χ2v) is 6.76. The second kappa shape index (κ2) is 10.7. The number of ether oxygens (including phenoxy) is 2. The Bertz CT molecular complexity index is 608. The van der Waals surface area contributed by atoms with Crippen molar-refractivity contribution in [3.63, 3.8) is 0 Å². The molecule has 0 aliphatic carbocycles. The van der Waals surface area contributed by atoms with Gasteiger partial charge in [-0.1, -0.05) is 39.3 Å². The van der Waals surface area contributed by atoms with Crippen LogP contribution in [0.5, 0.6) is 11.5 Å². The van der Waals surface area contributed by atoms with Crippen molar-refractivity contribution < 1.29 is 9.47 Å². The molecule has 0 saturated heterocycles. The van der Waals surface area contributed by atoms with E-state index in [1.54, 1.807) is 0 Å². The van der Waals surface area contributed by atoms with Crippen LogP contribution < -0.4 is 14.8 Å². The fourth-order valence-electron chi connectivity index (χ4n) is 2.37. The molecule has 0 atom stereocenters. The molecular weight excluding hydrogens is 310 g/mol. The minimum absolute atomic E-state index is 0.666. The van der Waals surface area contributed by atoms with Crippen molar-refractivity contribution in [3.05, 3.63) is 54.1 Å². The van der Waals surface area contributed by atoms with Gasteiger partial charge in [0, 0.05) is 12.2 Å². The first-order valence-electron chi connectivity index (χ1n) is 9.36. The van der Waals surface area contributed by atoms with E-state index in [4.69, 9.17) is 9.47 Å². The molecule has 3 heteroatoms. The van der Waals surface area contributed by atoms with Gasteiger partial charge in [0.2, 0.25) is 0 Å². The van der Waals surface area contributed by atoms with Gasteiger partial charge in [0.15, 0.2) is 0 Å². The number of rotatable bonds is 11. The van der Waals surface area contributed by atoms with Gasteiger partial charge in [-0.3, -0.25) is 0 Å². The first kappa shape index (κ1) is 19.2. The van der Waals surface area contributed by atoms with Crippen LogP contribution in [0.4, 0.5) is 5.69 Å². The van der Waals surface area contributed by atoms with E-state index >= 15 is 0 Å². The lowest BCUT2D eigenvalue weighted by atomic mass is 10.1. The average Bonchev–Trinajstić information content (AvgIpc) is 2.61. The van der Waals surface area contributed by atoms with Crippen molar-refractivity contribution in [1.29, 1.82) is 0 Å². The summed E-state index contributed by atoms with van der Waals surface area (Å²) >= 11 is 0. The van der Waals surface area contributed by atoms with Crippen LogP contribution in [0.25, 0.3) is 0 Å². The van der Waals surface area contributed by atoms with E-state index in [0.29, 0.717) is 5.92 Å². The molecule has 0 aliphatic heterocycles. The Morgan fingerprint density at radius 1 is 0.920 bits per heavy atom. The van der Waals surface area contributed by atoms with Crippen molar-refractivity contribution in [3.8, 4) is 11.5 Å². The van der Waals surface area contributed by atoms with Crippen LogP contribution in [0.15, 0.2) is 48.5 Å². The lowest BCUT2D eigenvalue weighted by Crippen LogP contribution is -2.03. The Morgan fingerprint density at radius 2 is 1.68 bits per heavy atom. The van der Waals surface area contributed by atoms with Gasteiger partial charge < -0.3 is 14.8 Å². The molecular formula is C22H31NO2. The van der Waals surface area contributed by atoms with Gasteiger partial charge in [-0.2, -0.15) is 0 Å². The summed E-state index contributed by atoms with van der Waals surface area (Å²) in [6.07, 6.45) is 3.32. The van der Waals surface area contributed by atoms with Gasteiger partial charge >= 0.3 is 0 Å². The van der Waals surface area contributed by atoms with Crippen LogP contribution in [-0.2, 0) is 6.54 Å². The van der Waals surface area contributed by atoms with Gasteiger partial charge in [-0.05, 0) is 60.7 Å². The minimum Gasteiger partial charge on any atom is -0.494 e. The summed E-state index contributed by atoms with van der Waals surface area (Å²) in [5.41, 5.74) is 2.30. The molecule has 136 valence electrons. The lowest BCUT2D eigenvalue weighted by Gasteiger charge is -2.11. The standard InChI is InChI=1S/C22H31NO2/c1-4-5-14-24-21-11-9-20(10-12-21)23-17-19-7-6-8-22(16-19)25-15-13-18(2)3/h6-12,16,18,23H,4-5,13-15,17H2,1-3H3. The molecule has 0 aromatic heterocycles. The number of benzene rings is 2. The van der Waals surface area contributed by atoms with E-state index in [1.165, 1.54) is 5.56 Å². The van der Waals surface area contributed by atoms with E-state index in [-0.39, 0.29) is 0 Å². The molecule has 0 heterocycles. The molecule has 0 unspecified atom stereocenters. The van der Waals surface area contributed by atoms with Crippen molar-refractivity contribution in [2.75, 3.05) is 18.5 Å². The van der Waals surface area contributed by atoms with Crippen LogP contribution in [0, 0.1) is 5.92 Å². The largest absolute Gasteiger partial charge is 0.494 e. The fourth-order valence-corrected chi connectivity index (χ4v) is 2.37. The van der Waals surface area contributed by atoms with Crippen LogP contribution in [0.1, 0.15) is 45.6 Å². The van der Waals surface area contributed by atoms with E-state index in [2.05, 4.69) is 50.4 Å². The summed E-state index contributed by atoms with van der Waals surface area (Å²) in [6.45, 7) is 8.92. The zero-order chi connectivity index (χ0) is 17.9. The predicted octanol–water partition coefficient (Wildman–Crippen LogP) is 5.90. The maximum atomic E-state index is 5.83. The third-order valence-electron chi connectivity index (χ3n) is 3.98. The maximum absolute atomic E-state index is 5.83. The summed E-state index contributed by atoms with van der Waals surface area (Å²) < 4.78 is 11.5. The Hall–Kier alpha value is -2.16. The Balaban J connectivity index is 1.80. The first-order valence-corrected chi connectivity index (χ1v) is 9.36. The first-order chi connectivity index (χ1) is 12.2. The van der Waals surface area contributed by atoms with Crippen molar-refractivity contribution >= 4 is 5.69 Å². The monoisotopic (exact) mass is 341 g/mol. The summed E-state index contributed by atoms with van der Waals surface area (Å²) in [7, 11) is 0. The summed E-state index contributed by atoms with van der Waals surface area (Å²) in [4.78, 5) is 0. The third-order valence-corrected chi connectivity index (χ3v) is 3.98. The normalized spacial score (nSPS) is 10.7. The van der Waals surface area contributed by atoms with E-state index in [0.717, 1.165) is 56.2 Å². The molecule has 0 aliphatic rings. The molecule has 2 rings (SSSR count). The molecule has 0 radical (unpaired) electrons. The maximum Gasteiger partial charge on any atom is 0.119 e. The molecule has 0 saturated carbocycles. The summed E-state index contributed by atoms with van der Waals surface area (Å²) in [5.74, 6) is 2.54. The molecule has 2 aromatic carbocycles. The van der Waals surface area contributed by atoms with E-state index in [9.17, 15) is 0 Å². The lowest BCUT2D eigenvalue weighted by molar-refractivity contribution is 0.289. The molecule has 0 fully saturated rings. The number of hydrogen-bond acceptors (Lipinski definition) is 3. The van der Waals surface area contributed by atoms with E-state index < -0.39 is 0 Å². The van der Waals surface area contributed by atoms with Gasteiger partial charge in [0.1, 0.15) is 11.5 Å². The summed E-state index contributed by atoms with van der Waals surface area (Å²) in [6, 6.07) is 16.4. The molecule has 25 heavy (non-hydrogen) atoms. The molecule has 1 N–H and O–H groups in total. The molecule has 0 spiro atoms. The Morgan fingerprint density at radius 3 is 2.40 bits per heavy atom. The van der Waals surface area contributed by atoms with Crippen molar-refractivity contribution in [2.24, 2.45) is 5.92 Å². The van der Waals surface area contributed by atoms with Gasteiger partial charge in [-0.25, -0.2) is 0 Å². The second-order valence-electron chi connectivity index (χ2n) is 6.76. The Labute approximate surface area is 152 Å². The van der Waals surface area contributed by atoms with Gasteiger partial charge in [0.25, 0.3) is 0 Å². The van der Waals surface area contributed by atoms with Gasteiger partial charge in [0.05, 0.1) is 13.2 Å². The molecule has 0 bridgehead atoms. The third kappa shape index (κ3) is 7.51. The van der Waals surface area contributed by atoms with Crippen molar-refractivity contribution in [2.45, 2.75) is 46.6 Å². The van der Waals surface area contributed by atoms with Crippen LogP contribution >= 0.6 is 0 Å². The Kier molecular flexibility index (Phi) is 8.17. The summed E-state index contributed by atoms with van der Waals surface area (Å²) in [5, 5.41) is 3.45. The smallest absolute Gasteiger partial charge is 0.119 e. The van der Waals surface area contributed by atoms with Crippen molar-refractivity contribution in [1.82, 2.24) is 0 Å². The molecule has 3 nitrogen and oxygen atoms in total. The number of unbranched alkanes of at least 4 members (excludes halogenated alkanes) is 1. The van der Waals surface area contributed by atoms with Crippen LogP contribution in [0.2, 0.25) is 0 Å². The minimum atomic E-state index is 0.666. The highest BCUT2D eigenvalue weighted by Crippen LogP contribution is 2.18. The quantitative estimate of drug-likeness (QED) is 0.516. The zero-order valence-corrected chi connectivity index (χ0v) is 15.8. The number of nitrogens with one attached hydrogen (secondary N) is 1. The van der Waals surface area contributed by atoms with Gasteiger partial charge in [-0.15, -0.1) is 0 Å². The molecule has 2 aromatic rings. The number of anilines is 1. The fraction of sp³-hybridized carbons (Fsp3) is 0.455. The van der Waals surface area contributed by atoms with Crippen LogP contribution in [0.3, 0.4) is 0 Å². The SMILES string of the molecule is CCCCOc1ccc(NCc2cccc(OCCC(C)C)c2)cc1. The number of hydrogen-bond donors (Lipinski definition) is 1.